The second-order valence-electron chi connectivity index (χ2n) is 4.43. The zero-order valence-corrected chi connectivity index (χ0v) is 11.4. The summed E-state index contributed by atoms with van der Waals surface area (Å²) < 4.78 is 25.2. The molecule has 0 bridgehead atoms. The second-order valence-corrected chi connectivity index (χ2v) is 6.50. The van der Waals surface area contributed by atoms with Crippen molar-refractivity contribution in [1.29, 1.82) is 0 Å². The molecule has 19 heavy (non-hydrogen) atoms. The molecule has 2 aromatic carbocycles. The number of aliphatic hydroxyl groups excluding tert-OH is 1. The summed E-state index contributed by atoms with van der Waals surface area (Å²) in [4.78, 5) is 0.227. The third kappa shape index (κ3) is 2.85. The fraction of sp³-hybridized carbons (Fsp3) is 0.200. The summed E-state index contributed by atoms with van der Waals surface area (Å²) in [5, 5.41) is 8.94. The summed E-state index contributed by atoms with van der Waals surface area (Å²) in [6.45, 7) is 1.50. The molecule has 0 unspecified atom stereocenters. The largest absolute Gasteiger partial charge is 0.392 e. The first-order chi connectivity index (χ1) is 9.03. The van der Waals surface area contributed by atoms with Crippen LogP contribution in [0.1, 0.15) is 17.7 Å². The average Bonchev–Trinajstić information content (AvgIpc) is 2.40. The molecule has 2 rings (SSSR count). The Morgan fingerprint density at radius 3 is 1.84 bits per heavy atom. The summed E-state index contributed by atoms with van der Waals surface area (Å²) in [5.41, 5.74) is 0.598. The van der Waals surface area contributed by atoms with Gasteiger partial charge in [-0.15, -0.1) is 0 Å². The number of rotatable bonds is 4. The lowest BCUT2D eigenvalue weighted by Crippen LogP contribution is -2.24. The van der Waals surface area contributed by atoms with E-state index in [-0.39, 0.29) is 4.90 Å². The molecule has 4 heteroatoms. The Hall–Kier alpha value is -1.65. The molecule has 2 aromatic rings. The fourth-order valence-corrected chi connectivity index (χ4v) is 3.98. The van der Waals surface area contributed by atoms with Crippen molar-refractivity contribution in [2.24, 2.45) is 0 Å². The van der Waals surface area contributed by atoms with E-state index in [0.717, 1.165) is 0 Å². The molecule has 0 heterocycles. The van der Waals surface area contributed by atoms with Gasteiger partial charge in [0.1, 0.15) is 5.25 Å². The van der Waals surface area contributed by atoms with E-state index >= 15 is 0 Å². The molecule has 3 nitrogen and oxygen atoms in total. The molecule has 0 fully saturated rings. The molecule has 0 aliphatic rings. The Bertz CT molecular complexity index is 619. The van der Waals surface area contributed by atoms with Crippen molar-refractivity contribution in [1.82, 2.24) is 0 Å². The van der Waals surface area contributed by atoms with Crippen LogP contribution >= 0.6 is 0 Å². The summed E-state index contributed by atoms with van der Waals surface area (Å²) in [6.07, 6.45) is -0.979. The van der Waals surface area contributed by atoms with Crippen LogP contribution in [-0.4, -0.2) is 19.6 Å². The van der Waals surface area contributed by atoms with Crippen molar-refractivity contribution < 1.29 is 13.5 Å². The van der Waals surface area contributed by atoms with Crippen molar-refractivity contribution in [2.45, 2.75) is 23.2 Å². The predicted octanol–water partition coefficient (Wildman–Crippen LogP) is 2.58. The SMILES string of the molecule is C[C@@H](O)[C@H](c1ccccc1)S(=O)(=O)c1ccccc1. The first-order valence-electron chi connectivity index (χ1n) is 6.05. The zero-order valence-electron chi connectivity index (χ0n) is 10.6. The van der Waals surface area contributed by atoms with Gasteiger partial charge < -0.3 is 5.11 Å². The van der Waals surface area contributed by atoms with E-state index in [1.807, 2.05) is 6.07 Å². The molecule has 0 saturated carbocycles. The first-order valence-corrected chi connectivity index (χ1v) is 7.60. The molecule has 2 atom stereocenters. The maximum Gasteiger partial charge on any atom is 0.187 e. The van der Waals surface area contributed by atoms with E-state index in [1.54, 1.807) is 54.6 Å². The van der Waals surface area contributed by atoms with E-state index in [1.165, 1.54) is 6.92 Å². The van der Waals surface area contributed by atoms with Crippen LogP contribution < -0.4 is 0 Å². The van der Waals surface area contributed by atoms with Crippen LogP contribution in [0.5, 0.6) is 0 Å². The molecule has 0 aliphatic heterocycles. The van der Waals surface area contributed by atoms with Gasteiger partial charge in [-0.05, 0) is 24.6 Å². The minimum Gasteiger partial charge on any atom is -0.392 e. The monoisotopic (exact) mass is 276 g/mol. The highest BCUT2D eigenvalue weighted by atomic mass is 32.2. The number of benzene rings is 2. The fourth-order valence-electron chi connectivity index (χ4n) is 2.12. The smallest absolute Gasteiger partial charge is 0.187 e. The Morgan fingerprint density at radius 1 is 0.895 bits per heavy atom. The van der Waals surface area contributed by atoms with Gasteiger partial charge in [0.25, 0.3) is 0 Å². The molecule has 1 N–H and O–H groups in total. The van der Waals surface area contributed by atoms with E-state index in [9.17, 15) is 13.5 Å². The van der Waals surface area contributed by atoms with Crippen molar-refractivity contribution in [3.63, 3.8) is 0 Å². The molecule has 0 aliphatic carbocycles. The van der Waals surface area contributed by atoms with E-state index in [4.69, 9.17) is 0 Å². The van der Waals surface area contributed by atoms with Gasteiger partial charge >= 0.3 is 0 Å². The first kappa shape index (κ1) is 13.8. The maximum atomic E-state index is 12.6. The Balaban J connectivity index is 2.52. The zero-order chi connectivity index (χ0) is 13.9. The van der Waals surface area contributed by atoms with Gasteiger partial charge in [-0.25, -0.2) is 8.42 Å². The number of hydrogen-bond acceptors (Lipinski definition) is 3. The molecule has 0 amide bonds. The van der Waals surface area contributed by atoms with Gasteiger partial charge in [-0.3, -0.25) is 0 Å². The van der Waals surface area contributed by atoms with Gasteiger partial charge in [-0.2, -0.15) is 0 Å². The molecular weight excluding hydrogens is 260 g/mol. The number of hydrogen-bond donors (Lipinski definition) is 1. The lowest BCUT2D eigenvalue weighted by Gasteiger charge is -2.20. The lowest BCUT2D eigenvalue weighted by molar-refractivity contribution is 0.188. The standard InChI is InChI=1S/C15H16O3S/c1-12(16)15(13-8-4-2-5-9-13)19(17,18)14-10-6-3-7-11-14/h2-12,15-16H,1H3/t12-,15-/m1/s1. The van der Waals surface area contributed by atoms with Crippen LogP contribution in [0.15, 0.2) is 65.6 Å². The van der Waals surface area contributed by atoms with Crippen molar-refractivity contribution >= 4 is 9.84 Å². The topological polar surface area (TPSA) is 54.4 Å². The normalized spacial score (nSPS) is 14.8. The van der Waals surface area contributed by atoms with Gasteiger partial charge in [0.05, 0.1) is 11.0 Å². The lowest BCUT2D eigenvalue weighted by atomic mass is 10.1. The number of aliphatic hydroxyl groups is 1. The third-order valence-electron chi connectivity index (χ3n) is 2.97. The van der Waals surface area contributed by atoms with Crippen LogP contribution in [0.3, 0.4) is 0 Å². The Kier molecular flexibility index (Phi) is 4.02. The quantitative estimate of drug-likeness (QED) is 0.933. The Morgan fingerprint density at radius 2 is 1.37 bits per heavy atom. The minimum absolute atomic E-state index is 0.227. The predicted molar refractivity (Wildman–Crippen MR) is 74.5 cm³/mol. The number of sulfone groups is 1. The van der Waals surface area contributed by atoms with E-state index < -0.39 is 21.2 Å². The van der Waals surface area contributed by atoms with Crippen LogP contribution in [0.2, 0.25) is 0 Å². The minimum atomic E-state index is -3.60. The maximum absolute atomic E-state index is 12.6. The molecule has 0 radical (unpaired) electrons. The van der Waals surface area contributed by atoms with Gasteiger partial charge in [0.15, 0.2) is 9.84 Å². The summed E-state index contributed by atoms with van der Waals surface area (Å²) in [5.74, 6) is 0. The van der Waals surface area contributed by atoms with Crippen LogP contribution in [-0.2, 0) is 9.84 Å². The average molecular weight is 276 g/mol. The second kappa shape index (κ2) is 5.55. The van der Waals surface area contributed by atoms with Crippen molar-refractivity contribution in [2.75, 3.05) is 0 Å². The highest BCUT2D eigenvalue weighted by Crippen LogP contribution is 2.31. The van der Waals surface area contributed by atoms with Crippen LogP contribution in [0.4, 0.5) is 0 Å². The van der Waals surface area contributed by atoms with Crippen LogP contribution in [0, 0.1) is 0 Å². The summed E-state index contributed by atoms with van der Waals surface area (Å²) in [7, 11) is -3.60. The van der Waals surface area contributed by atoms with Gasteiger partial charge in [0.2, 0.25) is 0 Å². The van der Waals surface area contributed by atoms with Gasteiger partial charge in [-0.1, -0.05) is 48.5 Å². The molecule has 0 spiro atoms. The molecule has 100 valence electrons. The summed E-state index contributed by atoms with van der Waals surface area (Å²) in [6, 6.07) is 17.0. The van der Waals surface area contributed by atoms with Crippen molar-refractivity contribution in [3.05, 3.63) is 66.2 Å². The molecule has 0 saturated heterocycles. The Labute approximate surface area is 113 Å². The highest BCUT2D eigenvalue weighted by Gasteiger charge is 2.32. The molecular formula is C15H16O3S. The van der Waals surface area contributed by atoms with E-state index in [2.05, 4.69) is 0 Å². The van der Waals surface area contributed by atoms with E-state index in [0.29, 0.717) is 5.56 Å². The van der Waals surface area contributed by atoms with Crippen molar-refractivity contribution in [3.8, 4) is 0 Å². The summed E-state index contributed by atoms with van der Waals surface area (Å²) >= 11 is 0. The van der Waals surface area contributed by atoms with Crippen LogP contribution in [0.25, 0.3) is 0 Å². The van der Waals surface area contributed by atoms with Gasteiger partial charge in [0, 0.05) is 0 Å². The third-order valence-corrected chi connectivity index (χ3v) is 5.24. The molecule has 0 aromatic heterocycles. The highest BCUT2D eigenvalue weighted by molar-refractivity contribution is 7.91.